The molecule has 0 unspecified atom stereocenters. The van der Waals surface area contributed by atoms with Gasteiger partial charge in [0.15, 0.2) is 5.78 Å². The number of hydrogen-bond donors (Lipinski definition) is 0. The maximum absolute atomic E-state index is 12.7. The van der Waals surface area contributed by atoms with Gasteiger partial charge in [0.05, 0.1) is 11.3 Å². The summed E-state index contributed by atoms with van der Waals surface area (Å²) in [7, 11) is 0. The first-order valence-electron chi connectivity index (χ1n) is 9.77. The van der Waals surface area contributed by atoms with Crippen LogP contribution < -0.4 is 0 Å². The molecule has 1 aliphatic carbocycles. The van der Waals surface area contributed by atoms with Gasteiger partial charge in [-0.2, -0.15) is 0 Å². The molecular weight excluding hydrogens is 356 g/mol. The molecule has 0 N–H and O–H groups in total. The Morgan fingerprint density at radius 2 is 1.81 bits per heavy atom. The third-order valence-electron chi connectivity index (χ3n) is 5.79. The lowest BCUT2D eigenvalue weighted by molar-refractivity contribution is -0.130. The van der Waals surface area contributed by atoms with Crippen molar-refractivity contribution < 1.29 is 9.59 Å². The predicted octanol–water partition coefficient (Wildman–Crippen LogP) is 3.19. The fourth-order valence-electron chi connectivity index (χ4n) is 4.29. The minimum absolute atomic E-state index is 0.0710. The molecule has 27 heavy (non-hydrogen) atoms. The number of carbonyl (C=O) groups excluding carboxylic acids is 2. The summed E-state index contributed by atoms with van der Waals surface area (Å²) in [5.41, 5.74) is 3.93. The SMILES string of the molecule is CC(=O)c1cc(CC(=O)N2CCCN(C3Cc4ccccc4C3)CC2)cs1. The van der Waals surface area contributed by atoms with E-state index in [1.807, 2.05) is 16.3 Å². The normalized spacial score (nSPS) is 18.3. The van der Waals surface area contributed by atoms with Gasteiger partial charge in [0.2, 0.25) is 5.91 Å². The standard InChI is InChI=1S/C22H26N2O2S/c1-16(25)21-11-17(15-27-21)12-22(26)24-8-4-7-23(9-10-24)20-13-18-5-2-3-6-19(18)14-20/h2-3,5-6,11,15,20H,4,7-10,12-14H2,1H3. The highest BCUT2D eigenvalue weighted by Crippen LogP contribution is 2.26. The highest BCUT2D eigenvalue weighted by molar-refractivity contribution is 7.12. The monoisotopic (exact) mass is 382 g/mol. The molecule has 2 aromatic rings. The molecule has 4 nitrogen and oxygen atoms in total. The van der Waals surface area contributed by atoms with Crippen LogP contribution in [0.2, 0.25) is 0 Å². The molecule has 0 bridgehead atoms. The van der Waals surface area contributed by atoms with Gasteiger partial charge in [-0.1, -0.05) is 24.3 Å². The third-order valence-corrected chi connectivity index (χ3v) is 6.86. The number of benzene rings is 1. The van der Waals surface area contributed by atoms with Crippen LogP contribution in [-0.4, -0.2) is 53.7 Å². The molecule has 0 radical (unpaired) electrons. The quantitative estimate of drug-likeness (QED) is 0.763. The molecule has 1 saturated heterocycles. The van der Waals surface area contributed by atoms with E-state index in [1.165, 1.54) is 22.5 Å². The number of fused-ring (bicyclic) bond motifs is 1. The Balaban J connectivity index is 1.33. The molecule has 142 valence electrons. The first kappa shape index (κ1) is 18.4. The molecule has 1 aliphatic heterocycles. The number of Topliss-reactive ketones (excluding diaryl/α,β-unsaturated/α-hetero) is 1. The Bertz CT molecular complexity index is 819. The van der Waals surface area contributed by atoms with Crippen molar-refractivity contribution in [1.82, 2.24) is 9.80 Å². The molecule has 0 spiro atoms. The van der Waals surface area contributed by atoms with E-state index in [4.69, 9.17) is 0 Å². The van der Waals surface area contributed by atoms with Crippen LogP contribution in [0.1, 0.15) is 39.7 Å². The largest absolute Gasteiger partial charge is 0.341 e. The Hall–Kier alpha value is -1.98. The molecular formula is C22H26N2O2S. The number of nitrogens with zero attached hydrogens (tertiary/aromatic N) is 2. The average Bonchev–Trinajstić information content (AvgIpc) is 3.22. The van der Waals surface area contributed by atoms with E-state index >= 15 is 0 Å². The summed E-state index contributed by atoms with van der Waals surface area (Å²) in [6.45, 7) is 5.22. The van der Waals surface area contributed by atoms with Crippen LogP contribution in [0.5, 0.6) is 0 Å². The maximum Gasteiger partial charge on any atom is 0.227 e. The van der Waals surface area contributed by atoms with Crippen molar-refractivity contribution in [2.45, 2.75) is 38.6 Å². The minimum Gasteiger partial charge on any atom is -0.341 e. The van der Waals surface area contributed by atoms with Crippen LogP contribution in [0.4, 0.5) is 0 Å². The van der Waals surface area contributed by atoms with Gasteiger partial charge in [-0.15, -0.1) is 11.3 Å². The molecule has 1 aromatic heterocycles. The van der Waals surface area contributed by atoms with Crippen LogP contribution in [-0.2, 0) is 24.1 Å². The lowest BCUT2D eigenvalue weighted by Crippen LogP contribution is -2.40. The van der Waals surface area contributed by atoms with Crippen molar-refractivity contribution in [3.8, 4) is 0 Å². The van der Waals surface area contributed by atoms with E-state index in [2.05, 4.69) is 29.2 Å². The number of hydrogen-bond acceptors (Lipinski definition) is 4. The number of thiophene rings is 1. The zero-order valence-corrected chi connectivity index (χ0v) is 16.6. The zero-order chi connectivity index (χ0) is 18.8. The molecule has 2 heterocycles. The third kappa shape index (κ3) is 4.14. The fraction of sp³-hybridized carbons (Fsp3) is 0.455. The molecule has 2 aliphatic rings. The second kappa shape index (κ2) is 7.95. The van der Waals surface area contributed by atoms with Crippen LogP contribution in [0.25, 0.3) is 0 Å². The van der Waals surface area contributed by atoms with E-state index < -0.39 is 0 Å². The smallest absolute Gasteiger partial charge is 0.227 e. The minimum atomic E-state index is 0.0710. The summed E-state index contributed by atoms with van der Waals surface area (Å²) in [4.78, 5) is 29.5. The molecule has 5 heteroatoms. The Kier molecular flexibility index (Phi) is 5.41. The second-order valence-electron chi connectivity index (χ2n) is 7.65. The molecule has 4 rings (SSSR count). The average molecular weight is 383 g/mol. The summed E-state index contributed by atoms with van der Waals surface area (Å²) in [5, 5.41) is 1.94. The van der Waals surface area contributed by atoms with Gasteiger partial charge in [-0.05, 0) is 54.3 Å². The van der Waals surface area contributed by atoms with Gasteiger partial charge >= 0.3 is 0 Å². The first-order chi connectivity index (χ1) is 13.1. The Morgan fingerprint density at radius 1 is 1.07 bits per heavy atom. The lowest BCUT2D eigenvalue weighted by Gasteiger charge is -2.27. The van der Waals surface area contributed by atoms with E-state index in [-0.39, 0.29) is 11.7 Å². The van der Waals surface area contributed by atoms with E-state index in [0.717, 1.165) is 55.9 Å². The van der Waals surface area contributed by atoms with Crippen LogP contribution in [0.15, 0.2) is 35.7 Å². The van der Waals surface area contributed by atoms with Crippen LogP contribution in [0, 0.1) is 0 Å². The van der Waals surface area contributed by atoms with Crippen molar-refractivity contribution in [3.05, 3.63) is 57.3 Å². The number of ketones is 1. The van der Waals surface area contributed by atoms with E-state index in [1.54, 1.807) is 6.92 Å². The van der Waals surface area contributed by atoms with Crippen molar-refractivity contribution >= 4 is 23.0 Å². The van der Waals surface area contributed by atoms with Gasteiger partial charge in [0.1, 0.15) is 0 Å². The topological polar surface area (TPSA) is 40.6 Å². The summed E-state index contributed by atoms with van der Waals surface area (Å²) < 4.78 is 0. The summed E-state index contributed by atoms with van der Waals surface area (Å²) in [6, 6.07) is 11.2. The van der Waals surface area contributed by atoms with E-state index in [0.29, 0.717) is 12.5 Å². The van der Waals surface area contributed by atoms with Crippen LogP contribution >= 0.6 is 11.3 Å². The summed E-state index contributed by atoms with van der Waals surface area (Å²) in [5.74, 6) is 0.251. The van der Waals surface area contributed by atoms with Crippen molar-refractivity contribution in [3.63, 3.8) is 0 Å². The highest BCUT2D eigenvalue weighted by Gasteiger charge is 2.28. The lowest BCUT2D eigenvalue weighted by atomic mass is 10.1. The van der Waals surface area contributed by atoms with Crippen LogP contribution in [0.3, 0.4) is 0 Å². The van der Waals surface area contributed by atoms with Crippen molar-refractivity contribution in [2.75, 3.05) is 26.2 Å². The zero-order valence-electron chi connectivity index (χ0n) is 15.8. The molecule has 0 atom stereocenters. The fourth-order valence-corrected chi connectivity index (χ4v) is 5.10. The Morgan fingerprint density at radius 3 is 2.48 bits per heavy atom. The maximum atomic E-state index is 12.7. The molecule has 1 amide bonds. The van der Waals surface area contributed by atoms with Crippen molar-refractivity contribution in [2.24, 2.45) is 0 Å². The molecule has 1 fully saturated rings. The predicted molar refractivity (Wildman–Crippen MR) is 108 cm³/mol. The van der Waals surface area contributed by atoms with E-state index in [9.17, 15) is 9.59 Å². The summed E-state index contributed by atoms with van der Waals surface area (Å²) >= 11 is 1.43. The van der Waals surface area contributed by atoms with Gasteiger partial charge in [-0.25, -0.2) is 0 Å². The second-order valence-corrected chi connectivity index (χ2v) is 8.56. The van der Waals surface area contributed by atoms with Gasteiger partial charge < -0.3 is 4.90 Å². The highest BCUT2D eigenvalue weighted by atomic mass is 32.1. The van der Waals surface area contributed by atoms with Gasteiger partial charge in [0.25, 0.3) is 0 Å². The van der Waals surface area contributed by atoms with Gasteiger partial charge in [0, 0.05) is 32.2 Å². The van der Waals surface area contributed by atoms with Crippen molar-refractivity contribution in [1.29, 1.82) is 0 Å². The Labute approximate surface area is 164 Å². The number of amides is 1. The number of carbonyl (C=O) groups is 2. The summed E-state index contributed by atoms with van der Waals surface area (Å²) in [6.07, 6.45) is 3.69. The number of rotatable bonds is 4. The first-order valence-corrected chi connectivity index (χ1v) is 10.6. The molecule has 1 aromatic carbocycles. The molecule has 0 saturated carbocycles. The van der Waals surface area contributed by atoms with Gasteiger partial charge in [-0.3, -0.25) is 14.5 Å².